The van der Waals surface area contributed by atoms with Crippen molar-refractivity contribution < 1.29 is 13.2 Å². The fourth-order valence-corrected chi connectivity index (χ4v) is 4.64. The van der Waals surface area contributed by atoms with Crippen LogP contribution >= 0.6 is 0 Å². The average Bonchev–Trinajstić information content (AvgIpc) is 3.16. The molecule has 0 bridgehead atoms. The molecule has 0 atom stereocenters. The molecule has 6 heteroatoms. The van der Waals surface area contributed by atoms with Crippen LogP contribution in [0, 0.1) is 0 Å². The normalized spacial score (nSPS) is 13.3. The predicted molar refractivity (Wildman–Crippen MR) is 114 cm³/mol. The highest BCUT2D eigenvalue weighted by molar-refractivity contribution is 7.88. The summed E-state index contributed by atoms with van der Waals surface area (Å²) in [6, 6.07) is 24.1. The van der Waals surface area contributed by atoms with Crippen LogP contribution in [0.15, 0.2) is 78.9 Å². The lowest BCUT2D eigenvalue weighted by Gasteiger charge is -2.18. The number of sulfonamides is 1. The van der Waals surface area contributed by atoms with Crippen molar-refractivity contribution in [1.29, 1.82) is 0 Å². The van der Waals surface area contributed by atoms with E-state index < -0.39 is 10.0 Å². The van der Waals surface area contributed by atoms with Crippen LogP contribution in [0.4, 0.5) is 5.69 Å². The minimum Gasteiger partial charge on any atom is -0.308 e. The molecule has 1 N–H and O–H groups in total. The zero-order valence-corrected chi connectivity index (χ0v) is 16.7. The lowest BCUT2D eigenvalue weighted by molar-refractivity contribution is 0.0989. The van der Waals surface area contributed by atoms with Crippen molar-refractivity contribution in [2.45, 2.75) is 18.7 Å². The summed E-state index contributed by atoms with van der Waals surface area (Å²) < 4.78 is 27.4. The van der Waals surface area contributed by atoms with Crippen molar-refractivity contribution in [3.8, 4) is 0 Å². The third-order valence-corrected chi connectivity index (χ3v) is 6.30. The first-order valence-corrected chi connectivity index (χ1v) is 11.2. The van der Waals surface area contributed by atoms with E-state index in [2.05, 4.69) is 4.72 Å². The summed E-state index contributed by atoms with van der Waals surface area (Å²) in [6.45, 7) is 0.821. The van der Waals surface area contributed by atoms with E-state index in [1.807, 2.05) is 66.7 Å². The van der Waals surface area contributed by atoms with E-state index in [-0.39, 0.29) is 18.2 Å². The van der Waals surface area contributed by atoms with Crippen molar-refractivity contribution in [2.75, 3.05) is 11.4 Å². The van der Waals surface area contributed by atoms with Gasteiger partial charge < -0.3 is 4.90 Å². The Bertz CT molecular complexity index is 1110. The van der Waals surface area contributed by atoms with Gasteiger partial charge in [-0.05, 0) is 41.3 Å². The molecular weight excluding hydrogens is 384 g/mol. The molecule has 1 heterocycles. The maximum Gasteiger partial charge on any atom is 0.258 e. The molecule has 0 aliphatic carbocycles. The van der Waals surface area contributed by atoms with Gasteiger partial charge in [-0.2, -0.15) is 0 Å². The first-order valence-electron chi connectivity index (χ1n) is 9.52. The van der Waals surface area contributed by atoms with Crippen molar-refractivity contribution in [3.05, 3.63) is 101 Å². The molecule has 0 spiro atoms. The number of amides is 1. The molecule has 29 heavy (non-hydrogen) atoms. The molecule has 0 aromatic heterocycles. The molecule has 5 nitrogen and oxygen atoms in total. The molecule has 1 aliphatic rings. The van der Waals surface area contributed by atoms with Gasteiger partial charge >= 0.3 is 0 Å². The molecule has 148 valence electrons. The van der Waals surface area contributed by atoms with E-state index >= 15 is 0 Å². The zero-order valence-electron chi connectivity index (χ0n) is 15.9. The van der Waals surface area contributed by atoms with Crippen LogP contribution in [0.25, 0.3) is 0 Å². The molecule has 1 amide bonds. The number of carbonyl (C=O) groups is 1. The molecule has 1 aliphatic heterocycles. The number of hydrogen-bond donors (Lipinski definition) is 1. The molecule has 3 aromatic rings. The van der Waals surface area contributed by atoms with Crippen molar-refractivity contribution in [1.82, 2.24) is 4.72 Å². The summed E-state index contributed by atoms with van der Waals surface area (Å²) in [5.74, 6) is -0.0941. The second-order valence-electron chi connectivity index (χ2n) is 7.10. The number of anilines is 1. The first kappa shape index (κ1) is 19.4. The predicted octanol–water partition coefficient (Wildman–Crippen LogP) is 3.51. The monoisotopic (exact) mass is 406 g/mol. The van der Waals surface area contributed by atoms with Gasteiger partial charge in [0.2, 0.25) is 10.0 Å². The molecule has 0 unspecified atom stereocenters. The lowest BCUT2D eigenvalue weighted by Crippen LogP contribution is -2.29. The Balaban J connectivity index is 1.48. The Hall–Kier alpha value is -2.96. The van der Waals surface area contributed by atoms with Gasteiger partial charge in [-0.25, -0.2) is 13.1 Å². The fourth-order valence-electron chi connectivity index (χ4n) is 3.52. The summed E-state index contributed by atoms with van der Waals surface area (Å²) >= 11 is 0. The smallest absolute Gasteiger partial charge is 0.258 e. The van der Waals surface area contributed by atoms with Gasteiger partial charge in [0.05, 0.1) is 5.75 Å². The minimum atomic E-state index is -3.45. The SMILES string of the molecule is O=C(c1ccccc1)N1CCc2ccc(CNS(=O)(=O)Cc3ccccc3)cc21. The van der Waals surface area contributed by atoms with Crippen LogP contribution in [-0.4, -0.2) is 20.9 Å². The van der Waals surface area contributed by atoms with Crippen LogP contribution in [0.3, 0.4) is 0 Å². The molecule has 3 aromatic carbocycles. The van der Waals surface area contributed by atoms with E-state index in [1.165, 1.54) is 0 Å². The Labute approximate surface area is 171 Å². The maximum absolute atomic E-state index is 12.9. The maximum atomic E-state index is 12.9. The van der Waals surface area contributed by atoms with E-state index in [0.29, 0.717) is 12.1 Å². The Morgan fingerprint density at radius 2 is 1.59 bits per heavy atom. The standard InChI is InChI=1S/C23H22N2O3S/c26-23(21-9-5-2-6-10-21)25-14-13-20-12-11-19(15-22(20)25)16-24-29(27,28)17-18-7-3-1-4-8-18/h1-12,15,24H,13-14,16-17H2. The van der Waals surface area contributed by atoms with E-state index in [4.69, 9.17) is 0 Å². The van der Waals surface area contributed by atoms with Crippen LogP contribution in [0.2, 0.25) is 0 Å². The van der Waals surface area contributed by atoms with E-state index in [1.54, 1.807) is 17.0 Å². The molecular formula is C23H22N2O3S. The summed E-state index contributed by atoms with van der Waals surface area (Å²) in [5, 5.41) is 0. The number of fused-ring (bicyclic) bond motifs is 1. The molecule has 0 saturated carbocycles. The van der Waals surface area contributed by atoms with Crippen LogP contribution in [0.1, 0.15) is 27.0 Å². The average molecular weight is 407 g/mol. The van der Waals surface area contributed by atoms with Crippen LogP contribution < -0.4 is 9.62 Å². The van der Waals surface area contributed by atoms with Gasteiger partial charge in [0.15, 0.2) is 0 Å². The van der Waals surface area contributed by atoms with Gasteiger partial charge in [-0.3, -0.25) is 4.79 Å². The summed E-state index contributed by atoms with van der Waals surface area (Å²) in [6.07, 6.45) is 0.800. The van der Waals surface area contributed by atoms with Crippen molar-refractivity contribution in [3.63, 3.8) is 0 Å². The van der Waals surface area contributed by atoms with Crippen molar-refractivity contribution >= 4 is 21.6 Å². The van der Waals surface area contributed by atoms with Gasteiger partial charge in [-0.1, -0.05) is 60.7 Å². The summed E-state index contributed by atoms with van der Waals surface area (Å²) in [7, 11) is -3.45. The quantitative estimate of drug-likeness (QED) is 0.681. The second kappa shape index (κ2) is 8.19. The lowest BCUT2D eigenvalue weighted by atomic mass is 10.1. The van der Waals surface area contributed by atoms with Gasteiger partial charge in [0.1, 0.15) is 0 Å². The number of rotatable bonds is 6. The first-order chi connectivity index (χ1) is 14.0. The van der Waals surface area contributed by atoms with Crippen molar-refractivity contribution in [2.24, 2.45) is 0 Å². The highest BCUT2D eigenvalue weighted by Crippen LogP contribution is 2.30. The second-order valence-corrected chi connectivity index (χ2v) is 8.91. The Morgan fingerprint density at radius 3 is 2.31 bits per heavy atom. The summed E-state index contributed by atoms with van der Waals surface area (Å²) in [5.41, 5.74) is 4.18. The highest BCUT2D eigenvalue weighted by Gasteiger charge is 2.25. The zero-order chi connectivity index (χ0) is 20.3. The van der Waals surface area contributed by atoms with E-state index in [0.717, 1.165) is 28.8 Å². The third-order valence-electron chi connectivity index (χ3n) is 5.01. The summed E-state index contributed by atoms with van der Waals surface area (Å²) in [4.78, 5) is 14.6. The van der Waals surface area contributed by atoms with Gasteiger partial charge in [0.25, 0.3) is 5.91 Å². The Morgan fingerprint density at radius 1 is 0.897 bits per heavy atom. The van der Waals surface area contributed by atoms with Crippen LogP contribution in [0.5, 0.6) is 0 Å². The topological polar surface area (TPSA) is 66.5 Å². The van der Waals surface area contributed by atoms with Gasteiger partial charge in [-0.15, -0.1) is 0 Å². The molecule has 4 rings (SSSR count). The number of nitrogens with zero attached hydrogens (tertiary/aromatic N) is 1. The largest absolute Gasteiger partial charge is 0.308 e. The number of nitrogens with one attached hydrogen (secondary N) is 1. The third kappa shape index (κ3) is 4.55. The minimum absolute atomic E-state index is 0.0360. The van der Waals surface area contributed by atoms with E-state index in [9.17, 15) is 13.2 Å². The molecule has 0 fully saturated rings. The fraction of sp³-hybridized carbons (Fsp3) is 0.174. The number of carbonyl (C=O) groups excluding carboxylic acids is 1. The van der Waals surface area contributed by atoms with Crippen LogP contribution in [-0.2, 0) is 28.7 Å². The number of benzene rings is 3. The van der Waals surface area contributed by atoms with Gasteiger partial charge in [0, 0.05) is 24.3 Å². The molecule has 0 radical (unpaired) electrons. The highest BCUT2D eigenvalue weighted by atomic mass is 32.2. The Kier molecular flexibility index (Phi) is 5.47. The number of hydrogen-bond acceptors (Lipinski definition) is 3. The molecule has 0 saturated heterocycles.